The zero-order valence-corrected chi connectivity index (χ0v) is 31.4. The van der Waals surface area contributed by atoms with Crippen LogP contribution in [0.5, 0.6) is 17.2 Å². The predicted molar refractivity (Wildman–Crippen MR) is 191 cm³/mol. The highest BCUT2D eigenvalue weighted by Crippen LogP contribution is 2.38. The highest BCUT2D eigenvalue weighted by molar-refractivity contribution is 6.03. The largest absolute Gasteiger partial charge is 0.500 e. The second-order valence-electron chi connectivity index (χ2n) is 13.2. The Kier molecular flexibility index (Phi) is 10.8. The Labute approximate surface area is 298 Å². The first kappa shape index (κ1) is 38.3. The molecule has 1 unspecified atom stereocenters. The fourth-order valence-electron chi connectivity index (χ4n) is 6.68. The summed E-state index contributed by atoms with van der Waals surface area (Å²) in [7, 11) is 1.39. The molecule has 3 aromatic carbocycles. The Morgan fingerprint density at radius 1 is 0.569 bits per heavy atom. The van der Waals surface area contributed by atoms with Crippen molar-refractivity contribution in [2.24, 2.45) is 5.92 Å². The van der Waals surface area contributed by atoms with Gasteiger partial charge in [-0.3, -0.25) is 9.59 Å². The van der Waals surface area contributed by atoms with Crippen molar-refractivity contribution in [3.05, 3.63) is 107 Å². The molecule has 4 rings (SSSR count). The number of rotatable bonds is 8. The summed E-state index contributed by atoms with van der Waals surface area (Å²) in [5.41, 5.74) is 7.42. The molecule has 10 nitrogen and oxygen atoms in total. The van der Waals surface area contributed by atoms with E-state index in [2.05, 4.69) is 0 Å². The topological polar surface area (TPSA) is 143 Å². The second-order valence-corrected chi connectivity index (χ2v) is 13.2. The first-order chi connectivity index (χ1) is 23.7. The van der Waals surface area contributed by atoms with Crippen molar-refractivity contribution >= 4 is 29.7 Å². The third-order valence-corrected chi connectivity index (χ3v) is 10.2. The number of hydrogen-bond donors (Lipinski definition) is 1. The molecule has 0 aliphatic heterocycles. The van der Waals surface area contributed by atoms with Crippen LogP contribution in [0.4, 0.5) is 0 Å². The summed E-state index contributed by atoms with van der Waals surface area (Å²) in [4.78, 5) is 64.7. The number of ketones is 1. The van der Waals surface area contributed by atoms with E-state index in [4.69, 9.17) is 18.9 Å². The number of hydrogen-bond acceptors (Lipinski definition) is 9. The number of methoxy groups -OCH3 is 1. The molecular formula is C41H44O10. The zero-order chi connectivity index (χ0) is 38.4. The molecule has 1 atom stereocenters. The molecule has 1 aliphatic carbocycles. The molecule has 1 N–H and O–H groups in total. The lowest BCUT2D eigenvalue weighted by Gasteiger charge is -2.24. The first-order valence-electron chi connectivity index (χ1n) is 16.4. The lowest BCUT2D eigenvalue weighted by molar-refractivity contribution is -0.137. The van der Waals surface area contributed by atoms with Crippen LogP contribution in [0.2, 0.25) is 0 Å². The Hall–Kier alpha value is -5.51. The maximum Gasteiger partial charge on any atom is 0.344 e. The van der Waals surface area contributed by atoms with E-state index in [9.17, 15) is 29.1 Å². The summed E-state index contributed by atoms with van der Waals surface area (Å²) in [5, 5.41) is 9.71. The smallest absolute Gasteiger partial charge is 0.344 e. The summed E-state index contributed by atoms with van der Waals surface area (Å²) >= 11 is 0. The summed E-state index contributed by atoms with van der Waals surface area (Å²) in [5.74, 6) is -2.95. The molecule has 0 saturated carbocycles. The quantitative estimate of drug-likeness (QED) is 0.183. The van der Waals surface area contributed by atoms with Crippen molar-refractivity contribution in [1.82, 2.24) is 0 Å². The monoisotopic (exact) mass is 696 g/mol. The van der Waals surface area contributed by atoms with Gasteiger partial charge in [-0.2, -0.15) is 0 Å². The number of esters is 3. The summed E-state index contributed by atoms with van der Waals surface area (Å²) in [6, 6.07) is 1.62. The highest BCUT2D eigenvalue weighted by atomic mass is 16.5. The van der Waals surface area contributed by atoms with Crippen molar-refractivity contribution in [2.75, 3.05) is 7.11 Å². The molecule has 0 aromatic heterocycles. The van der Waals surface area contributed by atoms with Crippen LogP contribution in [0, 0.1) is 82.1 Å². The van der Waals surface area contributed by atoms with E-state index in [0.717, 1.165) is 0 Å². The summed E-state index contributed by atoms with van der Waals surface area (Å²) < 4.78 is 23.1. The number of carbonyl (C=O) groups is 5. The van der Waals surface area contributed by atoms with Crippen LogP contribution in [0.3, 0.4) is 0 Å². The number of allylic oxidation sites excluding steroid dienone is 2. The predicted octanol–water partition coefficient (Wildman–Crippen LogP) is 7.80. The molecule has 0 saturated heterocycles. The van der Waals surface area contributed by atoms with Gasteiger partial charge in [0.15, 0.2) is 5.78 Å². The van der Waals surface area contributed by atoms with Gasteiger partial charge in [0.1, 0.15) is 28.9 Å². The Balaban J connectivity index is 1.65. The zero-order valence-electron chi connectivity index (χ0n) is 31.4. The molecule has 51 heavy (non-hydrogen) atoms. The maximum atomic E-state index is 13.8. The Bertz CT molecular complexity index is 2070. The van der Waals surface area contributed by atoms with E-state index in [1.54, 1.807) is 89.2 Å². The van der Waals surface area contributed by atoms with Crippen molar-refractivity contribution in [2.45, 2.75) is 83.1 Å². The van der Waals surface area contributed by atoms with Crippen LogP contribution in [0.1, 0.15) is 99.2 Å². The van der Waals surface area contributed by atoms with Gasteiger partial charge in [0, 0.05) is 6.08 Å². The molecule has 3 aromatic rings. The number of aryl methyl sites for hydroxylation is 1. The minimum absolute atomic E-state index is 0.189. The van der Waals surface area contributed by atoms with Gasteiger partial charge in [-0.1, -0.05) is 0 Å². The normalized spacial score (nSPS) is 14.1. The van der Waals surface area contributed by atoms with E-state index in [0.29, 0.717) is 89.4 Å². The molecule has 0 amide bonds. The van der Waals surface area contributed by atoms with Crippen molar-refractivity contribution in [3.8, 4) is 17.2 Å². The molecule has 10 heteroatoms. The van der Waals surface area contributed by atoms with Crippen LogP contribution >= 0.6 is 0 Å². The highest BCUT2D eigenvalue weighted by Gasteiger charge is 2.33. The van der Waals surface area contributed by atoms with Crippen molar-refractivity contribution in [3.63, 3.8) is 0 Å². The molecule has 268 valence electrons. The van der Waals surface area contributed by atoms with Crippen LogP contribution in [0.15, 0.2) is 29.6 Å². The van der Waals surface area contributed by atoms with Crippen LogP contribution in [-0.2, 0) is 14.3 Å². The van der Waals surface area contributed by atoms with E-state index in [1.807, 2.05) is 0 Å². The van der Waals surface area contributed by atoms with Crippen molar-refractivity contribution in [1.29, 1.82) is 0 Å². The third kappa shape index (κ3) is 6.82. The third-order valence-electron chi connectivity index (χ3n) is 10.2. The minimum Gasteiger partial charge on any atom is -0.500 e. The fourth-order valence-corrected chi connectivity index (χ4v) is 6.68. The molecule has 0 spiro atoms. The lowest BCUT2D eigenvalue weighted by Crippen LogP contribution is -2.28. The summed E-state index contributed by atoms with van der Waals surface area (Å²) in [6.07, 6.45) is 2.63. The standard InChI is InChI=1S/C41H44O10/c1-17-14-29(42)16-31(48-13)33(17)40(46)51-37-27(11)23(7)35(24(8)28(37)12)41(47)49-30-15-18(2)32(20(4)19(30)3)39(45)50-36-25(9)21(5)34(38(43)44)22(6)26(36)10/h14-16,33H,1-13H3,(H,43,44). The summed E-state index contributed by atoms with van der Waals surface area (Å²) in [6.45, 7) is 20.7. The van der Waals surface area contributed by atoms with Crippen LogP contribution in [0.25, 0.3) is 0 Å². The van der Waals surface area contributed by atoms with Gasteiger partial charge in [0.2, 0.25) is 0 Å². The van der Waals surface area contributed by atoms with E-state index in [1.165, 1.54) is 19.3 Å². The van der Waals surface area contributed by atoms with Gasteiger partial charge in [-0.15, -0.1) is 0 Å². The van der Waals surface area contributed by atoms with Gasteiger partial charge in [-0.05, 0) is 162 Å². The van der Waals surface area contributed by atoms with Crippen LogP contribution in [-0.4, -0.2) is 41.9 Å². The second kappa shape index (κ2) is 14.4. The van der Waals surface area contributed by atoms with Crippen LogP contribution < -0.4 is 14.2 Å². The Morgan fingerprint density at radius 3 is 1.51 bits per heavy atom. The minimum atomic E-state index is -1.04. The Morgan fingerprint density at radius 2 is 1.02 bits per heavy atom. The van der Waals surface area contributed by atoms with Crippen molar-refractivity contribution < 1.29 is 48.0 Å². The average Bonchev–Trinajstić information content (AvgIpc) is 3.05. The van der Waals surface area contributed by atoms with E-state index >= 15 is 0 Å². The molecule has 0 bridgehead atoms. The van der Waals surface area contributed by atoms with Gasteiger partial charge < -0.3 is 24.1 Å². The van der Waals surface area contributed by atoms with E-state index in [-0.39, 0.29) is 22.9 Å². The fraction of sp³-hybridized carbons (Fsp3) is 0.341. The molecule has 0 fully saturated rings. The molecule has 0 radical (unpaired) electrons. The van der Waals surface area contributed by atoms with Gasteiger partial charge in [0.25, 0.3) is 0 Å². The number of aromatic carboxylic acids is 1. The molecule has 0 heterocycles. The number of carbonyl (C=O) groups excluding carboxylic acids is 4. The number of benzene rings is 3. The number of ether oxygens (including phenoxy) is 4. The van der Waals surface area contributed by atoms with Gasteiger partial charge >= 0.3 is 23.9 Å². The average molecular weight is 697 g/mol. The molecule has 1 aliphatic rings. The van der Waals surface area contributed by atoms with Gasteiger partial charge in [0.05, 0.1) is 23.8 Å². The van der Waals surface area contributed by atoms with E-state index < -0.39 is 29.8 Å². The first-order valence-corrected chi connectivity index (χ1v) is 16.4. The molecular weight excluding hydrogens is 652 g/mol. The maximum absolute atomic E-state index is 13.8. The van der Waals surface area contributed by atoms with Gasteiger partial charge in [-0.25, -0.2) is 14.4 Å². The lowest BCUT2D eigenvalue weighted by atomic mass is 9.91. The SMILES string of the molecule is COC1=CC(=O)C=C(C)C1C(=O)Oc1c(C)c(C)c(C(=O)Oc2cc(C)c(C(=O)Oc3c(C)c(C)c(C(=O)O)c(C)c3C)c(C)c2C)c(C)c1C. The number of carboxylic acids is 1. The number of carboxylic acid groups (broad SMARTS) is 1.